The number of rotatable bonds is 5. The van der Waals surface area contributed by atoms with Gasteiger partial charge in [-0.15, -0.1) is 0 Å². The van der Waals surface area contributed by atoms with Gasteiger partial charge >= 0.3 is 0 Å². The predicted molar refractivity (Wildman–Crippen MR) is 122 cm³/mol. The Morgan fingerprint density at radius 2 is 1.69 bits per heavy atom. The Morgan fingerprint density at radius 1 is 0.906 bits per heavy atom. The molecule has 2 amide bonds. The standard InChI is InChI=1S/C25H31N3O4/c1-31-22-10-5-9-21(17-22)25(30)27-12-6-11-26(13-14-27)18-23-19-28(15-16-32-23)24(29)20-7-3-2-4-8-20/h2-5,7-10,17,23H,6,11-16,18-19H2,1H3. The molecule has 170 valence electrons. The second-order valence-corrected chi connectivity index (χ2v) is 8.29. The number of hydrogen-bond acceptors (Lipinski definition) is 5. The van der Waals surface area contributed by atoms with Crippen molar-refractivity contribution in [2.24, 2.45) is 0 Å². The molecule has 2 saturated heterocycles. The highest BCUT2D eigenvalue weighted by Crippen LogP contribution is 2.17. The third kappa shape index (κ3) is 5.47. The summed E-state index contributed by atoms with van der Waals surface area (Å²) >= 11 is 0. The Bertz CT molecular complexity index is 920. The van der Waals surface area contributed by atoms with E-state index in [2.05, 4.69) is 4.90 Å². The zero-order chi connectivity index (χ0) is 22.3. The molecule has 2 aromatic rings. The van der Waals surface area contributed by atoms with Crippen LogP contribution in [0.15, 0.2) is 54.6 Å². The maximum Gasteiger partial charge on any atom is 0.254 e. The van der Waals surface area contributed by atoms with Crippen LogP contribution in [0.1, 0.15) is 27.1 Å². The minimum absolute atomic E-state index is 0.0166. The van der Waals surface area contributed by atoms with E-state index in [0.717, 1.165) is 38.2 Å². The van der Waals surface area contributed by atoms with E-state index < -0.39 is 0 Å². The molecule has 0 aliphatic carbocycles. The third-order valence-electron chi connectivity index (χ3n) is 6.10. The smallest absolute Gasteiger partial charge is 0.254 e. The number of morpholine rings is 1. The van der Waals surface area contributed by atoms with Gasteiger partial charge in [-0.25, -0.2) is 0 Å². The average molecular weight is 438 g/mol. The molecule has 2 aromatic carbocycles. The number of nitrogens with zero attached hydrogens (tertiary/aromatic N) is 3. The lowest BCUT2D eigenvalue weighted by molar-refractivity contribution is -0.0353. The summed E-state index contributed by atoms with van der Waals surface area (Å²) in [6.45, 7) is 5.64. The number of benzene rings is 2. The van der Waals surface area contributed by atoms with Crippen molar-refractivity contribution in [1.82, 2.24) is 14.7 Å². The van der Waals surface area contributed by atoms with Gasteiger partial charge in [-0.2, -0.15) is 0 Å². The largest absolute Gasteiger partial charge is 0.497 e. The van der Waals surface area contributed by atoms with Crippen molar-refractivity contribution in [3.05, 3.63) is 65.7 Å². The lowest BCUT2D eigenvalue weighted by Gasteiger charge is -2.35. The Balaban J connectivity index is 1.31. The van der Waals surface area contributed by atoms with Gasteiger partial charge in [0.2, 0.25) is 0 Å². The quantitative estimate of drug-likeness (QED) is 0.719. The third-order valence-corrected chi connectivity index (χ3v) is 6.10. The van der Waals surface area contributed by atoms with E-state index >= 15 is 0 Å². The van der Waals surface area contributed by atoms with E-state index in [1.54, 1.807) is 13.2 Å². The van der Waals surface area contributed by atoms with Gasteiger partial charge in [0, 0.05) is 50.4 Å². The van der Waals surface area contributed by atoms with E-state index in [-0.39, 0.29) is 17.9 Å². The minimum atomic E-state index is -0.0166. The number of hydrogen-bond donors (Lipinski definition) is 0. The Kier molecular flexibility index (Phi) is 7.39. The summed E-state index contributed by atoms with van der Waals surface area (Å²) in [5.74, 6) is 0.792. The van der Waals surface area contributed by atoms with E-state index in [1.165, 1.54) is 0 Å². The van der Waals surface area contributed by atoms with Crippen molar-refractivity contribution >= 4 is 11.8 Å². The van der Waals surface area contributed by atoms with Crippen LogP contribution in [0.2, 0.25) is 0 Å². The number of carbonyl (C=O) groups excluding carboxylic acids is 2. The van der Waals surface area contributed by atoms with Crippen LogP contribution in [0.3, 0.4) is 0 Å². The molecule has 0 saturated carbocycles. The fourth-order valence-electron chi connectivity index (χ4n) is 4.36. The summed E-state index contributed by atoms with van der Waals surface area (Å²) < 4.78 is 11.2. The second kappa shape index (κ2) is 10.6. The molecule has 2 aliphatic rings. The van der Waals surface area contributed by atoms with Gasteiger partial charge in [0.25, 0.3) is 11.8 Å². The van der Waals surface area contributed by atoms with E-state index in [0.29, 0.717) is 37.6 Å². The summed E-state index contributed by atoms with van der Waals surface area (Å²) in [6.07, 6.45) is 0.895. The minimum Gasteiger partial charge on any atom is -0.497 e. The summed E-state index contributed by atoms with van der Waals surface area (Å²) in [4.78, 5) is 31.9. The monoisotopic (exact) mass is 437 g/mol. The van der Waals surface area contributed by atoms with Crippen molar-refractivity contribution in [3.63, 3.8) is 0 Å². The highest BCUT2D eigenvalue weighted by molar-refractivity contribution is 5.95. The molecule has 0 aromatic heterocycles. The van der Waals surface area contributed by atoms with Crippen LogP contribution >= 0.6 is 0 Å². The molecule has 1 unspecified atom stereocenters. The molecule has 7 heteroatoms. The van der Waals surface area contributed by atoms with E-state index in [9.17, 15) is 9.59 Å². The van der Waals surface area contributed by atoms with Crippen molar-refractivity contribution < 1.29 is 19.1 Å². The van der Waals surface area contributed by atoms with Crippen LogP contribution < -0.4 is 4.74 Å². The van der Waals surface area contributed by atoms with Crippen LogP contribution in [0, 0.1) is 0 Å². The van der Waals surface area contributed by atoms with Gasteiger partial charge in [0.05, 0.1) is 19.8 Å². The summed E-state index contributed by atoms with van der Waals surface area (Å²) in [6, 6.07) is 16.7. The first-order valence-corrected chi connectivity index (χ1v) is 11.3. The first-order chi connectivity index (χ1) is 15.6. The molecular weight excluding hydrogens is 406 g/mol. The summed E-state index contributed by atoms with van der Waals surface area (Å²) in [7, 11) is 1.61. The first kappa shape index (κ1) is 22.3. The molecule has 7 nitrogen and oxygen atoms in total. The summed E-state index contributed by atoms with van der Waals surface area (Å²) in [5, 5.41) is 0. The highest BCUT2D eigenvalue weighted by atomic mass is 16.5. The van der Waals surface area contributed by atoms with Crippen LogP contribution in [0.4, 0.5) is 0 Å². The Labute approximate surface area is 189 Å². The average Bonchev–Trinajstić information content (AvgIpc) is 3.09. The maximum absolute atomic E-state index is 13.0. The first-order valence-electron chi connectivity index (χ1n) is 11.3. The molecule has 4 rings (SSSR count). The maximum atomic E-state index is 13.0. The molecule has 0 N–H and O–H groups in total. The van der Waals surface area contributed by atoms with Crippen molar-refractivity contribution in [2.75, 3.05) is 59.5 Å². The fourth-order valence-corrected chi connectivity index (χ4v) is 4.36. The summed E-state index contributed by atoms with van der Waals surface area (Å²) in [5.41, 5.74) is 1.37. The molecule has 0 radical (unpaired) electrons. The van der Waals surface area contributed by atoms with Gasteiger partial charge in [0.1, 0.15) is 5.75 Å². The van der Waals surface area contributed by atoms with Crippen LogP contribution in [0.5, 0.6) is 5.75 Å². The molecule has 2 heterocycles. The molecule has 0 bridgehead atoms. The Morgan fingerprint density at radius 3 is 2.50 bits per heavy atom. The number of methoxy groups -OCH3 is 1. The van der Waals surface area contributed by atoms with Gasteiger partial charge in [-0.3, -0.25) is 14.5 Å². The van der Waals surface area contributed by atoms with Crippen molar-refractivity contribution in [2.45, 2.75) is 12.5 Å². The Hall–Kier alpha value is -2.90. The lowest BCUT2D eigenvalue weighted by atomic mass is 10.1. The molecule has 0 spiro atoms. The van der Waals surface area contributed by atoms with Gasteiger partial charge in [-0.05, 0) is 43.3 Å². The molecule has 2 aliphatic heterocycles. The van der Waals surface area contributed by atoms with Gasteiger partial charge < -0.3 is 19.3 Å². The number of ether oxygens (including phenoxy) is 2. The van der Waals surface area contributed by atoms with E-state index in [1.807, 2.05) is 58.3 Å². The zero-order valence-corrected chi connectivity index (χ0v) is 18.6. The van der Waals surface area contributed by atoms with Crippen LogP contribution in [0.25, 0.3) is 0 Å². The van der Waals surface area contributed by atoms with E-state index in [4.69, 9.17) is 9.47 Å². The molecule has 32 heavy (non-hydrogen) atoms. The molecule has 2 fully saturated rings. The highest BCUT2D eigenvalue weighted by Gasteiger charge is 2.28. The van der Waals surface area contributed by atoms with Crippen LogP contribution in [-0.2, 0) is 4.74 Å². The second-order valence-electron chi connectivity index (χ2n) is 8.29. The van der Waals surface area contributed by atoms with Crippen molar-refractivity contribution in [3.8, 4) is 5.75 Å². The normalized spacial score (nSPS) is 20.0. The van der Waals surface area contributed by atoms with Crippen LogP contribution in [-0.4, -0.2) is 92.1 Å². The predicted octanol–water partition coefficient (Wildman–Crippen LogP) is 2.38. The van der Waals surface area contributed by atoms with Crippen molar-refractivity contribution in [1.29, 1.82) is 0 Å². The number of amides is 2. The molecular formula is C25H31N3O4. The fraction of sp³-hybridized carbons (Fsp3) is 0.440. The zero-order valence-electron chi connectivity index (χ0n) is 18.6. The molecule has 1 atom stereocenters. The van der Waals surface area contributed by atoms with Gasteiger partial charge in [0.15, 0.2) is 0 Å². The number of carbonyl (C=O) groups is 2. The van der Waals surface area contributed by atoms with Gasteiger partial charge in [-0.1, -0.05) is 24.3 Å². The lowest BCUT2D eigenvalue weighted by Crippen LogP contribution is -2.50. The topological polar surface area (TPSA) is 62.3 Å². The SMILES string of the molecule is COc1cccc(C(=O)N2CCCN(CC3CN(C(=O)c4ccccc4)CCO3)CC2)c1.